The van der Waals surface area contributed by atoms with Crippen molar-refractivity contribution in [2.45, 2.75) is 25.9 Å². The lowest BCUT2D eigenvalue weighted by Gasteiger charge is -2.12. The quantitative estimate of drug-likeness (QED) is 0.611. The molecule has 0 heterocycles. The number of carbonyl (C=O) groups is 1. The number of halogens is 2. The summed E-state index contributed by atoms with van der Waals surface area (Å²) in [6, 6.07) is 3.67. The number of amides is 1. The van der Waals surface area contributed by atoms with Crippen molar-refractivity contribution in [2.24, 2.45) is 0 Å². The largest absolute Gasteiger partial charge is 0.392 e. The van der Waals surface area contributed by atoms with Crippen molar-refractivity contribution < 1.29 is 23.6 Å². The van der Waals surface area contributed by atoms with Crippen molar-refractivity contribution in [3.63, 3.8) is 0 Å². The number of aliphatic hydroxyl groups is 1. The van der Waals surface area contributed by atoms with Crippen molar-refractivity contribution in [3.8, 4) is 0 Å². The summed E-state index contributed by atoms with van der Waals surface area (Å²) in [5.74, 6) is -3.65. The van der Waals surface area contributed by atoms with Gasteiger partial charge in [0, 0.05) is 19.1 Å². The van der Waals surface area contributed by atoms with Gasteiger partial charge in [0.25, 0.3) is 11.6 Å². The van der Waals surface area contributed by atoms with Gasteiger partial charge in [-0.2, -0.15) is 0 Å². The maximum atomic E-state index is 12.6. The summed E-state index contributed by atoms with van der Waals surface area (Å²) in [5.41, 5.74) is 0.367. The van der Waals surface area contributed by atoms with Gasteiger partial charge in [-0.25, -0.2) is 8.78 Å². The minimum Gasteiger partial charge on any atom is -0.392 e. The van der Waals surface area contributed by atoms with E-state index in [0.717, 1.165) is 6.07 Å². The zero-order chi connectivity index (χ0) is 15.3. The molecule has 0 fully saturated rings. The lowest BCUT2D eigenvalue weighted by atomic mass is 10.0. The Morgan fingerprint density at radius 2 is 2.10 bits per heavy atom. The van der Waals surface area contributed by atoms with Crippen molar-refractivity contribution in [1.29, 1.82) is 0 Å². The van der Waals surface area contributed by atoms with E-state index in [9.17, 15) is 23.7 Å². The average molecular weight is 288 g/mol. The molecule has 0 aliphatic heterocycles. The van der Waals surface area contributed by atoms with Crippen molar-refractivity contribution in [2.75, 3.05) is 6.54 Å². The first-order valence-electron chi connectivity index (χ1n) is 5.74. The molecule has 1 amide bonds. The molecule has 20 heavy (non-hydrogen) atoms. The van der Waals surface area contributed by atoms with Crippen LogP contribution in [0.15, 0.2) is 18.2 Å². The van der Waals surface area contributed by atoms with Crippen LogP contribution in [0.1, 0.15) is 18.1 Å². The van der Waals surface area contributed by atoms with Gasteiger partial charge in [-0.05, 0) is 11.1 Å². The van der Waals surface area contributed by atoms with Gasteiger partial charge in [0.05, 0.1) is 24.5 Å². The highest BCUT2D eigenvalue weighted by atomic mass is 19.3. The third kappa shape index (κ3) is 4.88. The van der Waals surface area contributed by atoms with Gasteiger partial charge in [0.1, 0.15) is 0 Å². The van der Waals surface area contributed by atoms with E-state index in [4.69, 9.17) is 5.11 Å². The second-order valence-corrected chi connectivity index (χ2v) is 4.39. The molecule has 6 nitrogen and oxygen atoms in total. The minimum atomic E-state index is -3.01. The normalized spacial score (nSPS) is 11.2. The summed E-state index contributed by atoms with van der Waals surface area (Å²) < 4.78 is 25.2. The molecular weight excluding hydrogens is 274 g/mol. The van der Waals surface area contributed by atoms with E-state index in [0.29, 0.717) is 12.5 Å². The highest BCUT2D eigenvalue weighted by molar-refractivity contribution is 5.79. The Balaban J connectivity index is 2.77. The number of carbonyl (C=O) groups excluding carboxylic acids is 1. The fraction of sp³-hybridized carbons (Fsp3) is 0.417. The van der Waals surface area contributed by atoms with Gasteiger partial charge >= 0.3 is 0 Å². The van der Waals surface area contributed by atoms with Crippen LogP contribution in [-0.2, 0) is 17.8 Å². The molecule has 1 aromatic rings. The summed E-state index contributed by atoms with van der Waals surface area (Å²) in [5, 5.41) is 21.8. The van der Waals surface area contributed by atoms with Crippen LogP contribution in [0.2, 0.25) is 0 Å². The maximum absolute atomic E-state index is 12.6. The number of hydrogen-bond donors (Lipinski definition) is 2. The van der Waals surface area contributed by atoms with Gasteiger partial charge in [0.2, 0.25) is 5.91 Å². The number of non-ortho nitro benzene ring substituents is 1. The van der Waals surface area contributed by atoms with Crippen LogP contribution in [0.25, 0.3) is 0 Å². The molecule has 0 aliphatic carbocycles. The Morgan fingerprint density at radius 3 is 2.60 bits per heavy atom. The van der Waals surface area contributed by atoms with E-state index in [-0.39, 0.29) is 17.7 Å². The Morgan fingerprint density at radius 1 is 1.45 bits per heavy atom. The zero-order valence-electron chi connectivity index (χ0n) is 10.7. The maximum Gasteiger partial charge on any atom is 0.269 e. The summed E-state index contributed by atoms with van der Waals surface area (Å²) >= 11 is 0. The summed E-state index contributed by atoms with van der Waals surface area (Å²) in [6.45, 7) is -0.584. The smallest absolute Gasteiger partial charge is 0.269 e. The van der Waals surface area contributed by atoms with Crippen molar-refractivity contribution in [3.05, 3.63) is 39.4 Å². The Hall–Kier alpha value is -2.09. The molecular formula is C12H14F2N2O4. The Kier molecular flexibility index (Phi) is 5.09. The monoisotopic (exact) mass is 288 g/mol. The van der Waals surface area contributed by atoms with Crippen LogP contribution < -0.4 is 5.32 Å². The summed E-state index contributed by atoms with van der Waals surface area (Å²) in [4.78, 5) is 21.4. The molecule has 0 radical (unpaired) electrons. The van der Waals surface area contributed by atoms with Crippen LogP contribution in [0.5, 0.6) is 0 Å². The van der Waals surface area contributed by atoms with Gasteiger partial charge in [0.15, 0.2) is 0 Å². The third-order valence-corrected chi connectivity index (χ3v) is 2.52. The molecule has 0 saturated heterocycles. The SMILES string of the molecule is CC(F)(F)CNC(=O)Cc1ccc([N+](=O)[O-])cc1CO. The third-order valence-electron chi connectivity index (χ3n) is 2.52. The van der Waals surface area contributed by atoms with Crippen LogP contribution in [0, 0.1) is 10.1 Å². The van der Waals surface area contributed by atoms with Gasteiger partial charge < -0.3 is 10.4 Å². The molecule has 0 aromatic heterocycles. The van der Waals surface area contributed by atoms with Gasteiger partial charge in [-0.3, -0.25) is 14.9 Å². The minimum absolute atomic E-state index is 0.210. The molecule has 0 bridgehead atoms. The lowest BCUT2D eigenvalue weighted by Crippen LogP contribution is -2.35. The van der Waals surface area contributed by atoms with E-state index in [1.54, 1.807) is 0 Å². The number of alkyl halides is 2. The summed E-state index contributed by atoms with van der Waals surface area (Å²) in [7, 11) is 0. The molecule has 110 valence electrons. The molecule has 0 atom stereocenters. The van der Waals surface area contributed by atoms with Crippen molar-refractivity contribution >= 4 is 11.6 Å². The molecule has 1 aromatic carbocycles. The molecule has 2 N–H and O–H groups in total. The highest BCUT2D eigenvalue weighted by Crippen LogP contribution is 2.18. The van der Waals surface area contributed by atoms with Crippen LogP contribution in [-0.4, -0.2) is 28.4 Å². The number of nitrogens with one attached hydrogen (secondary N) is 1. The second kappa shape index (κ2) is 6.38. The molecule has 0 unspecified atom stereocenters. The number of hydrogen-bond acceptors (Lipinski definition) is 4. The first-order valence-corrected chi connectivity index (χ1v) is 5.74. The molecule has 1 rings (SSSR count). The van der Waals surface area contributed by atoms with Gasteiger partial charge in [-0.1, -0.05) is 6.07 Å². The number of nitrogens with zero attached hydrogens (tertiary/aromatic N) is 1. The van der Waals surface area contributed by atoms with Crippen LogP contribution in [0.3, 0.4) is 0 Å². The fourth-order valence-electron chi connectivity index (χ4n) is 1.53. The van der Waals surface area contributed by atoms with Gasteiger partial charge in [-0.15, -0.1) is 0 Å². The predicted octanol–water partition coefficient (Wildman–Crippen LogP) is 1.40. The fourth-order valence-corrected chi connectivity index (χ4v) is 1.53. The number of nitro groups is 1. The van der Waals surface area contributed by atoms with E-state index in [1.807, 2.05) is 0 Å². The number of rotatable bonds is 6. The number of benzene rings is 1. The Bertz CT molecular complexity index is 515. The van der Waals surface area contributed by atoms with Crippen LogP contribution in [0.4, 0.5) is 14.5 Å². The number of nitro benzene ring substituents is 1. The molecule has 8 heteroatoms. The van der Waals surface area contributed by atoms with E-state index < -0.39 is 29.9 Å². The lowest BCUT2D eigenvalue weighted by molar-refractivity contribution is -0.385. The predicted molar refractivity (Wildman–Crippen MR) is 66.4 cm³/mol. The Labute approximate surface area is 113 Å². The molecule has 0 aliphatic rings. The number of aliphatic hydroxyl groups excluding tert-OH is 1. The topological polar surface area (TPSA) is 92.5 Å². The molecule has 0 saturated carbocycles. The average Bonchev–Trinajstić information content (AvgIpc) is 2.35. The highest BCUT2D eigenvalue weighted by Gasteiger charge is 2.22. The second-order valence-electron chi connectivity index (χ2n) is 4.39. The van der Waals surface area contributed by atoms with Crippen LogP contribution >= 0.6 is 0 Å². The molecule has 0 spiro atoms. The first kappa shape index (κ1) is 16.0. The first-order chi connectivity index (χ1) is 9.23. The van der Waals surface area contributed by atoms with E-state index >= 15 is 0 Å². The summed E-state index contributed by atoms with van der Waals surface area (Å²) in [6.07, 6.45) is -0.232. The standard InChI is InChI=1S/C12H14F2N2O4/c1-12(13,14)7-15-11(18)5-8-2-3-10(16(19)20)4-9(8)6-17/h2-4,17H,5-7H2,1H3,(H,15,18). The van der Waals surface area contributed by atoms with E-state index in [2.05, 4.69) is 5.32 Å². The zero-order valence-corrected chi connectivity index (χ0v) is 10.7. The van der Waals surface area contributed by atoms with Crippen molar-refractivity contribution in [1.82, 2.24) is 5.32 Å². The van der Waals surface area contributed by atoms with E-state index in [1.165, 1.54) is 12.1 Å².